The summed E-state index contributed by atoms with van der Waals surface area (Å²) in [5, 5.41) is 15.1. The number of aliphatic hydroxyl groups is 1. The zero-order valence-electron chi connectivity index (χ0n) is 11.0. The van der Waals surface area contributed by atoms with Gasteiger partial charge in [0.05, 0.1) is 6.10 Å². The molecule has 1 saturated carbocycles. The third-order valence-electron chi connectivity index (χ3n) is 4.27. The average Bonchev–Trinajstić information content (AvgIpc) is 2.84. The first-order valence-corrected chi connectivity index (χ1v) is 7.20. The van der Waals surface area contributed by atoms with E-state index in [2.05, 4.69) is 17.0 Å². The molecule has 1 unspecified atom stereocenters. The van der Waals surface area contributed by atoms with Gasteiger partial charge in [-0.25, -0.2) is 9.50 Å². The van der Waals surface area contributed by atoms with Crippen LogP contribution in [0.3, 0.4) is 0 Å². The molecule has 1 atom stereocenters. The van der Waals surface area contributed by atoms with Crippen LogP contribution in [0.5, 0.6) is 0 Å². The molecule has 5 heteroatoms. The van der Waals surface area contributed by atoms with Gasteiger partial charge in [-0.15, -0.1) is 0 Å². The normalized spacial score (nSPS) is 25.6. The number of fused-ring (bicyclic) bond motifs is 1. The molecule has 2 aromatic rings. The van der Waals surface area contributed by atoms with Gasteiger partial charge < -0.3 is 5.11 Å². The maximum absolute atomic E-state index is 10.6. The van der Waals surface area contributed by atoms with E-state index in [-0.39, 0.29) is 0 Å². The summed E-state index contributed by atoms with van der Waals surface area (Å²) in [7, 11) is 0. The van der Waals surface area contributed by atoms with Crippen LogP contribution in [0.15, 0.2) is 18.6 Å². The van der Waals surface area contributed by atoms with Crippen LogP contribution in [0.2, 0.25) is 5.15 Å². The molecule has 102 valence electrons. The first-order chi connectivity index (χ1) is 9.16. The Balaban J connectivity index is 1.91. The van der Waals surface area contributed by atoms with E-state index in [9.17, 15) is 5.11 Å². The minimum atomic E-state index is -0.471. The monoisotopic (exact) mass is 279 g/mol. The standard InChI is InChI=1S/C14H18ClN3O/c1-9-2-4-10(5-3-9)13(19)11-6-7-18-12(11)14(15)16-8-17-18/h6-10,13,19H,2-5H2,1H3. The quantitative estimate of drug-likeness (QED) is 0.918. The third kappa shape index (κ3) is 2.35. The van der Waals surface area contributed by atoms with Gasteiger partial charge in [0.25, 0.3) is 0 Å². The molecule has 0 amide bonds. The van der Waals surface area contributed by atoms with E-state index in [0.29, 0.717) is 11.1 Å². The smallest absolute Gasteiger partial charge is 0.156 e. The molecular formula is C14H18ClN3O. The molecule has 2 aromatic heterocycles. The van der Waals surface area contributed by atoms with Gasteiger partial charge in [0.15, 0.2) is 5.15 Å². The highest BCUT2D eigenvalue weighted by Crippen LogP contribution is 2.38. The second-order valence-corrected chi connectivity index (χ2v) is 5.94. The molecule has 0 saturated heterocycles. The van der Waals surface area contributed by atoms with Gasteiger partial charge in [-0.05, 0) is 30.7 Å². The van der Waals surface area contributed by atoms with E-state index >= 15 is 0 Å². The van der Waals surface area contributed by atoms with Crippen molar-refractivity contribution < 1.29 is 5.11 Å². The lowest BCUT2D eigenvalue weighted by Gasteiger charge is -2.29. The van der Waals surface area contributed by atoms with Crippen molar-refractivity contribution in [1.29, 1.82) is 0 Å². The molecule has 2 heterocycles. The summed E-state index contributed by atoms with van der Waals surface area (Å²) in [6.45, 7) is 2.28. The van der Waals surface area contributed by atoms with Crippen LogP contribution in [0.4, 0.5) is 0 Å². The lowest BCUT2D eigenvalue weighted by molar-refractivity contribution is 0.0767. The number of rotatable bonds is 2. The highest BCUT2D eigenvalue weighted by Gasteiger charge is 2.28. The number of hydrogen-bond acceptors (Lipinski definition) is 3. The van der Waals surface area contributed by atoms with Gasteiger partial charge >= 0.3 is 0 Å². The predicted octanol–water partition coefficient (Wildman–Crippen LogP) is 3.24. The van der Waals surface area contributed by atoms with Crippen molar-refractivity contribution in [1.82, 2.24) is 14.6 Å². The van der Waals surface area contributed by atoms with Crippen LogP contribution >= 0.6 is 11.6 Å². The van der Waals surface area contributed by atoms with Crippen molar-refractivity contribution in [3.05, 3.63) is 29.3 Å². The lowest BCUT2D eigenvalue weighted by atomic mass is 9.79. The van der Waals surface area contributed by atoms with Crippen molar-refractivity contribution in [3.63, 3.8) is 0 Å². The van der Waals surface area contributed by atoms with Crippen molar-refractivity contribution in [2.75, 3.05) is 0 Å². The fourth-order valence-electron chi connectivity index (χ4n) is 3.03. The molecule has 1 aliphatic rings. The predicted molar refractivity (Wildman–Crippen MR) is 74.1 cm³/mol. The molecule has 1 aliphatic carbocycles. The van der Waals surface area contributed by atoms with E-state index in [1.165, 1.54) is 19.2 Å². The molecule has 0 aromatic carbocycles. The van der Waals surface area contributed by atoms with Gasteiger partial charge in [0.2, 0.25) is 0 Å². The SMILES string of the molecule is CC1CCC(C(O)c2ccn3ncnc(Cl)c23)CC1. The van der Waals surface area contributed by atoms with Crippen LogP contribution in [-0.4, -0.2) is 19.7 Å². The summed E-state index contributed by atoms with van der Waals surface area (Å²) < 4.78 is 1.68. The van der Waals surface area contributed by atoms with E-state index in [4.69, 9.17) is 11.6 Å². The highest BCUT2D eigenvalue weighted by molar-refractivity contribution is 6.32. The van der Waals surface area contributed by atoms with Crippen molar-refractivity contribution in [2.24, 2.45) is 11.8 Å². The summed E-state index contributed by atoms with van der Waals surface area (Å²) in [6, 6.07) is 1.90. The van der Waals surface area contributed by atoms with Crippen LogP contribution in [0.1, 0.15) is 44.3 Å². The molecule has 3 rings (SSSR count). The van der Waals surface area contributed by atoms with Gasteiger partial charge in [0.1, 0.15) is 11.8 Å². The number of hydrogen-bond donors (Lipinski definition) is 1. The first kappa shape index (κ1) is 12.9. The van der Waals surface area contributed by atoms with Crippen LogP contribution < -0.4 is 0 Å². The molecule has 0 aliphatic heterocycles. The molecule has 19 heavy (non-hydrogen) atoms. The summed E-state index contributed by atoms with van der Waals surface area (Å²) in [6.07, 6.45) is 7.31. The lowest BCUT2D eigenvalue weighted by Crippen LogP contribution is -2.19. The fourth-order valence-corrected chi connectivity index (χ4v) is 3.27. The van der Waals surface area contributed by atoms with E-state index in [1.54, 1.807) is 4.52 Å². The minimum absolute atomic E-state index is 0.318. The van der Waals surface area contributed by atoms with Crippen molar-refractivity contribution in [2.45, 2.75) is 38.7 Å². The van der Waals surface area contributed by atoms with Crippen molar-refractivity contribution in [3.8, 4) is 0 Å². The topological polar surface area (TPSA) is 50.4 Å². The maximum atomic E-state index is 10.6. The Morgan fingerprint density at radius 3 is 2.84 bits per heavy atom. The molecular weight excluding hydrogens is 262 g/mol. The summed E-state index contributed by atoms with van der Waals surface area (Å²) in [4.78, 5) is 4.00. The van der Waals surface area contributed by atoms with Crippen LogP contribution in [0, 0.1) is 11.8 Å². The van der Waals surface area contributed by atoms with Gasteiger partial charge in [-0.3, -0.25) is 0 Å². The van der Waals surface area contributed by atoms with E-state index in [0.717, 1.165) is 29.8 Å². The fraction of sp³-hybridized carbons (Fsp3) is 0.571. The number of aromatic nitrogens is 3. The molecule has 4 nitrogen and oxygen atoms in total. The second kappa shape index (κ2) is 5.10. The summed E-state index contributed by atoms with van der Waals surface area (Å²) >= 11 is 6.13. The molecule has 1 N–H and O–H groups in total. The van der Waals surface area contributed by atoms with Crippen LogP contribution in [0.25, 0.3) is 5.52 Å². The molecule has 0 radical (unpaired) electrons. The molecule has 0 bridgehead atoms. The Morgan fingerprint density at radius 1 is 1.37 bits per heavy atom. The van der Waals surface area contributed by atoms with Gasteiger partial charge in [0, 0.05) is 11.8 Å². The zero-order valence-corrected chi connectivity index (χ0v) is 11.7. The van der Waals surface area contributed by atoms with Crippen molar-refractivity contribution >= 4 is 17.1 Å². The Morgan fingerprint density at radius 2 is 2.11 bits per heavy atom. The average molecular weight is 280 g/mol. The largest absolute Gasteiger partial charge is 0.388 e. The van der Waals surface area contributed by atoms with Gasteiger partial charge in [-0.2, -0.15) is 5.10 Å². The first-order valence-electron chi connectivity index (χ1n) is 6.82. The zero-order chi connectivity index (χ0) is 13.4. The third-order valence-corrected chi connectivity index (χ3v) is 4.54. The molecule has 0 spiro atoms. The molecule has 1 fully saturated rings. The Bertz CT molecular complexity index is 575. The summed E-state index contributed by atoms with van der Waals surface area (Å²) in [5.74, 6) is 1.10. The second-order valence-electron chi connectivity index (χ2n) is 5.58. The van der Waals surface area contributed by atoms with E-state index < -0.39 is 6.10 Å². The number of aliphatic hydroxyl groups excluding tert-OH is 1. The maximum Gasteiger partial charge on any atom is 0.156 e. The Labute approximate surface area is 117 Å². The van der Waals surface area contributed by atoms with E-state index in [1.807, 2.05) is 12.3 Å². The van der Waals surface area contributed by atoms with Gasteiger partial charge in [-0.1, -0.05) is 31.4 Å². The number of halogens is 1. The highest BCUT2D eigenvalue weighted by atomic mass is 35.5. The summed E-state index contributed by atoms with van der Waals surface area (Å²) in [5.41, 5.74) is 1.58. The Kier molecular flexibility index (Phi) is 3.46. The Hall–Kier alpha value is -1.13. The number of nitrogens with zero attached hydrogens (tertiary/aromatic N) is 3. The van der Waals surface area contributed by atoms with Crippen LogP contribution in [-0.2, 0) is 0 Å². The minimum Gasteiger partial charge on any atom is -0.388 e.